The number of ether oxygens (including phenoxy) is 1. The number of methoxy groups -OCH3 is 1. The van der Waals surface area contributed by atoms with Gasteiger partial charge in [-0.1, -0.05) is 5.92 Å². The summed E-state index contributed by atoms with van der Waals surface area (Å²) in [6.45, 7) is 9.20. The lowest BCUT2D eigenvalue weighted by Crippen LogP contribution is -2.23. The van der Waals surface area contributed by atoms with E-state index >= 15 is 0 Å². The Bertz CT molecular complexity index is 195. The van der Waals surface area contributed by atoms with Crippen molar-refractivity contribution in [2.45, 2.75) is 27.2 Å². The fourth-order valence-corrected chi connectivity index (χ4v) is 0.933. The molecule has 82 valence electrons. The number of hydrogen-bond acceptors (Lipinski definition) is 2. The van der Waals surface area contributed by atoms with E-state index in [1.165, 1.54) is 0 Å². The fourth-order valence-electron chi connectivity index (χ4n) is 0.933. The summed E-state index contributed by atoms with van der Waals surface area (Å²) in [5.41, 5.74) is 0.130. The van der Waals surface area contributed by atoms with Crippen molar-refractivity contribution in [1.82, 2.24) is 4.90 Å². The molecule has 2 heteroatoms. The summed E-state index contributed by atoms with van der Waals surface area (Å²) < 4.78 is 5.00. The van der Waals surface area contributed by atoms with Crippen LogP contribution in [0.25, 0.3) is 0 Å². The first-order valence-electron chi connectivity index (χ1n) is 5.13. The van der Waals surface area contributed by atoms with Crippen LogP contribution in [0.15, 0.2) is 0 Å². The maximum absolute atomic E-state index is 5.00. The molecule has 0 aromatic carbocycles. The van der Waals surface area contributed by atoms with Crippen LogP contribution in [0.5, 0.6) is 0 Å². The Hall–Kier alpha value is -0.520. The minimum absolute atomic E-state index is 0.130. The summed E-state index contributed by atoms with van der Waals surface area (Å²) in [5, 5.41) is 0. The van der Waals surface area contributed by atoms with Gasteiger partial charge in [0.15, 0.2) is 0 Å². The Balaban J connectivity index is 3.56. The molecule has 0 bridgehead atoms. The van der Waals surface area contributed by atoms with Crippen molar-refractivity contribution in [3.63, 3.8) is 0 Å². The van der Waals surface area contributed by atoms with Gasteiger partial charge >= 0.3 is 0 Å². The average Bonchev–Trinajstić information content (AvgIpc) is 2.07. The number of likely N-dealkylation sites (N-methyl/N-ethyl adjacent to an activating group) is 1. The molecule has 0 saturated heterocycles. The van der Waals surface area contributed by atoms with E-state index < -0.39 is 0 Å². The van der Waals surface area contributed by atoms with Crippen LogP contribution in [0.1, 0.15) is 27.2 Å². The van der Waals surface area contributed by atoms with Gasteiger partial charge in [0.25, 0.3) is 0 Å². The summed E-state index contributed by atoms with van der Waals surface area (Å²) in [7, 11) is 3.82. The molecule has 0 aromatic heterocycles. The van der Waals surface area contributed by atoms with Crippen LogP contribution in [0, 0.1) is 17.3 Å². The normalized spacial score (nSPS) is 11.3. The lowest BCUT2D eigenvalue weighted by molar-refractivity contribution is 0.162. The van der Waals surface area contributed by atoms with Gasteiger partial charge in [0.1, 0.15) is 0 Å². The molecule has 0 heterocycles. The first-order chi connectivity index (χ1) is 6.45. The highest BCUT2D eigenvalue weighted by atomic mass is 16.5. The third kappa shape index (κ3) is 9.57. The largest absolute Gasteiger partial charge is 0.383 e. The molecular formula is C12H23NO. The molecule has 0 fully saturated rings. The van der Waals surface area contributed by atoms with Gasteiger partial charge in [-0.3, -0.25) is 0 Å². The zero-order chi connectivity index (χ0) is 11.0. The molecule has 0 aliphatic rings. The van der Waals surface area contributed by atoms with E-state index in [1.807, 2.05) is 0 Å². The van der Waals surface area contributed by atoms with Crippen LogP contribution in [0.2, 0.25) is 0 Å². The Morgan fingerprint density at radius 2 is 1.86 bits per heavy atom. The van der Waals surface area contributed by atoms with Crippen molar-refractivity contribution in [3.05, 3.63) is 0 Å². The third-order valence-corrected chi connectivity index (χ3v) is 1.76. The van der Waals surface area contributed by atoms with E-state index in [0.29, 0.717) is 0 Å². The first-order valence-corrected chi connectivity index (χ1v) is 5.13. The molecule has 0 radical (unpaired) electrons. The van der Waals surface area contributed by atoms with Crippen molar-refractivity contribution in [2.75, 3.05) is 33.9 Å². The SMILES string of the molecule is COCCN(C)CCC#CC(C)(C)C. The third-order valence-electron chi connectivity index (χ3n) is 1.76. The van der Waals surface area contributed by atoms with Crippen LogP contribution >= 0.6 is 0 Å². The molecule has 0 amide bonds. The summed E-state index contributed by atoms with van der Waals surface area (Å²) in [6.07, 6.45) is 0.942. The predicted octanol–water partition coefficient (Wildman–Crippen LogP) is 2.00. The molecular weight excluding hydrogens is 174 g/mol. The molecule has 0 aliphatic carbocycles. The lowest BCUT2D eigenvalue weighted by atomic mass is 9.98. The Morgan fingerprint density at radius 3 is 2.36 bits per heavy atom. The van der Waals surface area contributed by atoms with Gasteiger partial charge < -0.3 is 9.64 Å². The molecule has 0 aliphatic heterocycles. The van der Waals surface area contributed by atoms with Crippen LogP contribution in [-0.2, 0) is 4.74 Å². The summed E-state index contributed by atoms with van der Waals surface area (Å²) in [6, 6.07) is 0. The Kier molecular flexibility index (Phi) is 6.61. The monoisotopic (exact) mass is 197 g/mol. The standard InChI is InChI=1S/C12H23NO/c1-12(2,3)8-6-7-9-13(4)10-11-14-5/h7,9-11H2,1-5H3. The second-order valence-electron chi connectivity index (χ2n) is 4.60. The molecule has 0 aromatic rings. The molecule has 2 nitrogen and oxygen atoms in total. The van der Waals surface area contributed by atoms with E-state index in [2.05, 4.69) is 44.6 Å². The predicted molar refractivity (Wildman–Crippen MR) is 61.2 cm³/mol. The van der Waals surface area contributed by atoms with Gasteiger partial charge in [-0.2, -0.15) is 0 Å². The van der Waals surface area contributed by atoms with Crippen molar-refractivity contribution in [1.29, 1.82) is 0 Å². The van der Waals surface area contributed by atoms with Crippen LogP contribution in [0.3, 0.4) is 0 Å². The van der Waals surface area contributed by atoms with Crippen molar-refractivity contribution in [3.8, 4) is 11.8 Å². The highest BCUT2D eigenvalue weighted by Crippen LogP contribution is 2.09. The maximum atomic E-state index is 5.00. The van der Waals surface area contributed by atoms with E-state index in [-0.39, 0.29) is 5.41 Å². The van der Waals surface area contributed by atoms with Crippen molar-refractivity contribution >= 4 is 0 Å². The van der Waals surface area contributed by atoms with Crippen molar-refractivity contribution in [2.24, 2.45) is 5.41 Å². The first kappa shape index (κ1) is 13.5. The summed E-state index contributed by atoms with van der Waals surface area (Å²) in [5.74, 6) is 6.43. The smallest absolute Gasteiger partial charge is 0.0589 e. The number of rotatable bonds is 5. The highest BCUT2D eigenvalue weighted by molar-refractivity contribution is 5.07. The molecule has 0 unspecified atom stereocenters. The minimum atomic E-state index is 0.130. The molecule has 0 rings (SSSR count). The topological polar surface area (TPSA) is 12.5 Å². The van der Waals surface area contributed by atoms with Crippen LogP contribution < -0.4 is 0 Å². The van der Waals surface area contributed by atoms with Gasteiger partial charge in [0, 0.05) is 32.0 Å². The quantitative estimate of drug-likeness (QED) is 0.625. The lowest BCUT2D eigenvalue weighted by Gasteiger charge is -2.14. The zero-order valence-corrected chi connectivity index (χ0v) is 10.2. The van der Waals surface area contributed by atoms with E-state index in [1.54, 1.807) is 7.11 Å². The number of nitrogens with zero attached hydrogens (tertiary/aromatic N) is 1. The molecule has 0 spiro atoms. The van der Waals surface area contributed by atoms with Crippen LogP contribution in [0.4, 0.5) is 0 Å². The summed E-state index contributed by atoms with van der Waals surface area (Å²) in [4.78, 5) is 2.24. The second kappa shape index (κ2) is 6.86. The van der Waals surface area contributed by atoms with Crippen LogP contribution in [-0.4, -0.2) is 38.8 Å². The molecule has 0 saturated carbocycles. The minimum Gasteiger partial charge on any atom is -0.383 e. The van der Waals surface area contributed by atoms with Gasteiger partial charge in [0.05, 0.1) is 6.61 Å². The zero-order valence-electron chi connectivity index (χ0n) is 10.2. The van der Waals surface area contributed by atoms with Gasteiger partial charge in [-0.15, -0.1) is 5.92 Å². The van der Waals surface area contributed by atoms with E-state index in [0.717, 1.165) is 26.1 Å². The second-order valence-corrected chi connectivity index (χ2v) is 4.60. The Labute approximate surface area is 88.6 Å². The van der Waals surface area contributed by atoms with Gasteiger partial charge in [0.2, 0.25) is 0 Å². The van der Waals surface area contributed by atoms with Gasteiger partial charge in [-0.05, 0) is 27.8 Å². The van der Waals surface area contributed by atoms with Crippen molar-refractivity contribution < 1.29 is 4.74 Å². The maximum Gasteiger partial charge on any atom is 0.0589 e. The fraction of sp³-hybridized carbons (Fsp3) is 0.833. The highest BCUT2D eigenvalue weighted by Gasteiger charge is 2.02. The van der Waals surface area contributed by atoms with E-state index in [4.69, 9.17) is 4.74 Å². The Morgan fingerprint density at radius 1 is 1.21 bits per heavy atom. The van der Waals surface area contributed by atoms with Gasteiger partial charge in [-0.25, -0.2) is 0 Å². The average molecular weight is 197 g/mol. The molecule has 14 heavy (non-hydrogen) atoms. The summed E-state index contributed by atoms with van der Waals surface area (Å²) >= 11 is 0. The molecule has 0 N–H and O–H groups in total. The molecule has 0 atom stereocenters. The number of hydrogen-bond donors (Lipinski definition) is 0. The van der Waals surface area contributed by atoms with E-state index in [9.17, 15) is 0 Å².